The maximum Gasteiger partial charge on any atom is 0.276 e. The van der Waals surface area contributed by atoms with Gasteiger partial charge >= 0.3 is 0 Å². The summed E-state index contributed by atoms with van der Waals surface area (Å²) >= 11 is 0. The molecule has 0 atom stereocenters. The van der Waals surface area contributed by atoms with Gasteiger partial charge in [0.15, 0.2) is 0 Å². The molecule has 2 aromatic rings. The van der Waals surface area contributed by atoms with Crippen LogP contribution in [0.4, 0.5) is 5.69 Å². The molecule has 0 fully saturated rings. The molecule has 98 valence electrons. The molecule has 4 heteroatoms. The van der Waals surface area contributed by atoms with E-state index >= 15 is 0 Å². The number of nitrogens with zero attached hydrogens (tertiary/aromatic N) is 1. The standard InChI is InChI=1S/C15H15NO3/c1-11-8-12(2)15(9-14(11)16(17)18)19-10-13-6-4-3-5-7-13/h3-9H,10H2,1-2H3. The molecule has 0 saturated heterocycles. The van der Waals surface area contributed by atoms with Gasteiger partial charge in [0.25, 0.3) is 5.69 Å². The van der Waals surface area contributed by atoms with Crippen LogP contribution in [0.2, 0.25) is 0 Å². The van der Waals surface area contributed by atoms with E-state index in [1.807, 2.05) is 37.3 Å². The lowest BCUT2D eigenvalue weighted by molar-refractivity contribution is -0.385. The molecule has 2 rings (SSSR count). The van der Waals surface area contributed by atoms with Crippen LogP contribution in [-0.4, -0.2) is 4.92 Å². The highest BCUT2D eigenvalue weighted by Crippen LogP contribution is 2.28. The van der Waals surface area contributed by atoms with E-state index in [-0.39, 0.29) is 10.6 Å². The summed E-state index contributed by atoms with van der Waals surface area (Å²) in [4.78, 5) is 10.5. The lowest BCUT2D eigenvalue weighted by Crippen LogP contribution is -1.99. The molecule has 4 nitrogen and oxygen atoms in total. The minimum Gasteiger partial charge on any atom is -0.488 e. The molecule has 0 bridgehead atoms. The first kappa shape index (κ1) is 13.1. The van der Waals surface area contributed by atoms with Crippen molar-refractivity contribution in [3.63, 3.8) is 0 Å². The molecular weight excluding hydrogens is 242 g/mol. The van der Waals surface area contributed by atoms with Crippen LogP contribution in [0.15, 0.2) is 42.5 Å². The van der Waals surface area contributed by atoms with Crippen LogP contribution < -0.4 is 4.74 Å². The SMILES string of the molecule is Cc1cc(C)c([N+](=O)[O-])cc1OCc1ccccc1. The molecule has 0 aliphatic carbocycles. The third-order valence-electron chi connectivity index (χ3n) is 2.93. The van der Waals surface area contributed by atoms with Crippen LogP contribution in [0.25, 0.3) is 0 Å². The summed E-state index contributed by atoms with van der Waals surface area (Å²) in [5.41, 5.74) is 2.67. The van der Waals surface area contributed by atoms with E-state index in [9.17, 15) is 10.1 Å². The van der Waals surface area contributed by atoms with Gasteiger partial charge in [-0.15, -0.1) is 0 Å². The summed E-state index contributed by atoms with van der Waals surface area (Å²) < 4.78 is 5.66. The number of aryl methyl sites for hydroxylation is 2. The predicted octanol–water partition coefficient (Wildman–Crippen LogP) is 3.79. The van der Waals surface area contributed by atoms with Crippen molar-refractivity contribution in [1.82, 2.24) is 0 Å². The highest BCUT2D eigenvalue weighted by atomic mass is 16.6. The van der Waals surface area contributed by atoms with Gasteiger partial charge in [-0.2, -0.15) is 0 Å². The molecule has 2 aromatic carbocycles. The first-order valence-corrected chi connectivity index (χ1v) is 6.00. The van der Waals surface area contributed by atoms with Gasteiger partial charge in [-0.25, -0.2) is 0 Å². The molecule has 0 aliphatic heterocycles. The van der Waals surface area contributed by atoms with Gasteiger partial charge in [-0.05, 0) is 31.0 Å². The molecule has 0 amide bonds. The third-order valence-corrected chi connectivity index (χ3v) is 2.93. The summed E-state index contributed by atoms with van der Waals surface area (Å²) in [5.74, 6) is 0.557. The van der Waals surface area contributed by atoms with Gasteiger partial charge < -0.3 is 4.74 Å². The fraction of sp³-hybridized carbons (Fsp3) is 0.200. The Morgan fingerprint density at radius 2 is 1.79 bits per heavy atom. The second-order valence-corrected chi connectivity index (χ2v) is 4.44. The normalized spacial score (nSPS) is 10.2. The van der Waals surface area contributed by atoms with Crippen molar-refractivity contribution in [3.8, 4) is 5.75 Å². The van der Waals surface area contributed by atoms with Crippen LogP contribution in [0.3, 0.4) is 0 Å². The number of hydrogen-bond donors (Lipinski definition) is 0. The number of benzene rings is 2. The Balaban J connectivity index is 2.21. The summed E-state index contributed by atoms with van der Waals surface area (Å²) in [7, 11) is 0. The van der Waals surface area contributed by atoms with E-state index < -0.39 is 0 Å². The molecule has 0 N–H and O–H groups in total. The zero-order valence-electron chi connectivity index (χ0n) is 10.9. The van der Waals surface area contributed by atoms with Gasteiger partial charge in [0, 0.05) is 5.56 Å². The maximum atomic E-state index is 10.9. The molecule has 19 heavy (non-hydrogen) atoms. The Hall–Kier alpha value is -2.36. The first-order chi connectivity index (χ1) is 9.08. The molecule has 0 spiro atoms. The average Bonchev–Trinajstić information content (AvgIpc) is 2.38. The van der Waals surface area contributed by atoms with Gasteiger partial charge in [-0.1, -0.05) is 30.3 Å². The smallest absolute Gasteiger partial charge is 0.276 e. The topological polar surface area (TPSA) is 52.4 Å². The lowest BCUT2D eigenvalue weighted by Gasteiger charge is -2.10. The second kappa shape index (κ2) is 5.52. The van der Waals surface area contributed by atoms with Gasteiger partial charge in [0.05, 0.1) is 11.0 Å². The van der Waals surface area contributed by atoms with Crippen LogP contribution in [0, 0.1) is 24.0 Å². The zero-order chi connectivity index (χ0) is 13.8. The molecule has 0 aromatic heterocycles. The van der Waals surface area contributed by atoms with E-state index in [0.29, 0.717) is 17.9 Å². The summed E-state index contributed by atoms with van der Waals surface area (Å²) in [6.45, 7) is 4.02. The molecule has 0 saturated carbocycles. The van der Waals surface area contributed by atoms with Crippen molar-refractivity contribution in [2.24, 2.45) is 0 Å². The molecule has 0 aliphatic rings. The van der Waals surface area contributed by atoms with Crippen molar-refractivity contribution < 1.29 is 9.66 Å². The van der Waals surface area contributed by atoms with Gasteiger partial charge in [-0.3, -0.25) is 10.1 Å². The molecule has 0 radical (unpaired) electrons. The summed E-state index contributed by atoms with van der Waals surface area (Å²) in [5, 5.41) is 10.9. The van der Waals surface area contributed by atoms with Crippen molar-refractivity contribution in [2.45, 2.75) is 20.5 Å². The lowest BCUT2D eigenvalue weighted by atomic mass is 10.1. The number of nitro benzene ring substituents is 1. The Labute approximate surface area is 111 Å². The van der Waals surface area contributed by atoms with E-state index in [4.69, 9.17) is 4.74 Å². The van der Waals surface area contributed by atoms with Crippen molar-refractivity contribution in [1.29, 1.82) is 0 Å². The first-order valence-electron chi connectivity index (χ1n) is 6.00. The minimum atomic E-state index is -0.385. The third kappa shape index (κ3) is 3.10. The molecule has 0 heterocycles. The number of hydrogen-bond acceptors (Lipinski definition) is 3. The molecule has 0 unspecified atom stereocenters. The van der Waals surface area contributed by atoms with E-state index in [1.54, 1.807) is 13.0 Å². The fourth-order valence-electron chi connectivity index (χ4n) is 1.91. The minimum absolute atomic E-state index is 0.0914. The van der Waals surface area contributed by atoms with Crippen LogP contribution in [0.5, 0.6) is 5.75 Å². The summed E-state index contributed by atoms with van der Waals surface area (Å²) in [6.07, 6.45) is 0. The Morgan fingerprint density at radius 1 is 1.11 bits per heavy atom. The zero-order valence-corrected chi connectivity index (χ0v) is 10.9. The highest BCUT2D eigenvalue weighted by molar-refractivity contribution is 5.49. The second-order valence-electron chi connectivity index (χ2n) is 4.44. The molecular formula is C15H15NO3. The highest BCUT2D eigenvalue weighted by Gasteiger charge is 2.14. The van der Waals surface area contributed by atoms with Crippen molar-refractivity contribution in [2.75, 3.05) is 0 Å². The van der Waals surface area contributed by atoms with Crippen LogP contribution in [-0.2, 0) is 6.61 Å². The van der Waals surface area contributed by atoms with E-state index in [1.165, 1.54) is 6.07 Å². The van der Waals surface area contributed by atoms with Crippen molar-refractivity contribution in [3.05, 3.63) is 69.3 Å². The maximum absolute atomic E-state index is 10.9. The van der Waals surface area contributed by atoms with E-state index in [0.717, 1.165) is 11.1 Å². The number of rotatable bonds is 4. The van der Waals surface area contributed by atoms with Gasteiger partial charge in [0.1, 0.15) is 12.4 Å². The van der Waals surface area contributed by atoms with Gasteiger partial charge in [0.2, 0.25) is 0 Å². The number of ether oxygens (including phenoxy) is 1. The Morgan fingerprint density at radius 3 is 2.42 bits per heavy atom. The van der Waals surface area contributed by atoms with Crippen LogP contribution in [0.1, 0.15) is 16.7 Å². The Bertz CT molecular complexity index is 594. The van der Waals surface area contributed by atoms with E-state index in [2.05, 4.69) is 0 Å². The average molecular weight is 257 g/mol. The predicted molar refractivity (Wildman–Crippen MR) is 73.3 cm³/mol. The van der Waals surface area contributed by atoms with Crippen molar-refractivity contribution >= 4 is 5.69 Å². The monoisotopic (exact) mass is 257 g/mol. The quantitative estimate of drug-likeness (QED) is 0.618. The fourth-order valence-corrected chi connectivity index (χ4v) is 1.91. The van der Waals surface area contributed by atoms with Crippen LogP contribution >= 0.6 is 0 Å². The Kier molecular flexibility index (Phi) is 3.80. The largest absolute Gasteiger partial charge is 0.488 e. The number of nitro groups is 1. The summed E-state index contributed by atoms with van der Waals surface area (Å²) in [6, 6.07) is 13.0.